The predicted octanol–water partition coefficient (Wildman–Crippen LogP) is 3.30. The van der Waals surface area contributed by atoms with Gasteiger partial charge >= 0.3 is 0 Å². The van der Waals surface area contributed by atoms with E-state index in [1.807, 2.05) is 0 Å². The minimum atomic E-state index is -1.36. The zero-order valence-electron chi connectivity index (χ0n) is 11.6. The molecule has 7 heteroatoms. The first kappa shape index (κ1) is 15.2. The Balaban J connectivity index is 2.42. The summed E-state index contributed by atoms with van der Waals surface area (Å²) in [5, 5.41) is 0. The third-order valence-electron chi connectivity index (χ3n) is 3.10. The van der Waals surface area contributed by atoms with E-state index in [-0.39, 0.29) is 24.0 Å². The van der Waals surface area contributed by atoms with Crippen molar-refractivity contribution in [1.82, 2.24) is 15.0 Å². The molecular formula is C14H15F3N4. The van der Waals surface area contributed by atoms with Crippen molar-refractivity contribution < 1.29 is 13.2 Å². The van der Waals surface area contributed by atoms with Crippen molar-refractivity contribution in [3.05, 3.63) is 47.0 Å². The molecule has 1 aromatic heterocycles. The number of hydrogen-bond acceptors (Lipinski definition) is 4. The second-order valence-corrected chi connectivity index (χ2v) is 4.71. The minimum Gasteiger partial charge on any atom is -0.368 e. The van der Waals surface area contributed by atoms with Gasteiger partial charge in [-0.2, -0.15) is 9.97 Å². The van der Waals surface area contributed by atoms with Crippen LogP contribution in [-0.2, 0) is 0 Å². The Morgan fingerprint density at radius 3 is 2.19 bits per heavy atom. The first-order chi connectivity index (χ1) is 9.90. The summed E-state index contributed by atoms with van der Waals surface area (Å²) in [6.45, 7) is 3.31. The van der Waals surface area contributed by atoms with Crippen molar-refractivity contribution in [2.45, 2.75) is 32.4 Å². The van der Waals surface area contributed by atoms with E-state index in [9.17, 15) is 13.2 Å². The van der Waals surface area contributed by atoms with Gasteiger partial charge in [0, 0.05) is 12.0 Å². The van der Waals surface area contributed by atoms with Gasteiger partial charge < -0.3 is 5.73 Å². The van der Waals surface area contributed by atoms with Crippen molar-refractivity contribution in [1.29, 1.82) is 0 Å². The van der Waals surface area contributed by atoms with Crippen LogP contribution in [0.4, 0.5) is 19.1 Å². The van der Waals surface area contributed by atoms with Crippen LogP contribution in [0.5, 0.6) is 0 Å². The summed E-state index contributed by atoms with van der Waals surface area (Å²) in [5.74, 6) is -1.94. The molecule has 4 nitrogen and oxygen atoms in total. The van der Waals surface area contributed by atoms with Crippen LogP contribution in [-0.4, -0.2) is 15.0 Å². The molecule has 2 rings (SSSR count). The second kappa shape index (κ2) is 6.07. The normalized spacial score (nSPS) is 14.0. The summed E-state index contributed by atoms with van der Waals surface area (Å²) in [4.78, 5) is 11.7. The van der Waals surface area contributed by atoms with Crippen LogP contribution in [0.25, 0.3) is 0 Å². The monoisotopic (exact) mass is 296 g/mol. The van der Waals surface area contributed by atoms with Gasteiger partial charge in [0.2, 0.25) is 5.95 Å². The average Bonchev–Trinajstić information content (AvgIpc) is 2.43. The zero-order chi connectivity index (χ0) is 15.6. The Labute approximate surface area is 120 Å². The summed E-state index contributed by atoms with van der Waals surface area (Å²) in [7, 11) is 0. The Bertz CT molecular complexity index is 628. The Hall–Kier alpha value is -2.18. The molecule has 2 N–H and O–H groups in total. The molecule has 0 aliphatic rings. The molecule has 0 aliphatic heterocycles. The molecule has 1 heterocycles. The van der Waals surface area contributed by atoms with Crippen molar-refractivity contribution >= 4 is 5.95 Å². The van der Waals surface area contributed by atoms with Gasteiger partial charge in [-0.05, 0) is 24.1 Å². The molecule has 21 heavy (non-hydrogen) atoms. The van der Waals surface area contributed by atoms with Gasteiger partial charge in [-0.1, -0.05) is 13.8 Å². The fourth-order valence-corrected chi connectivity index (χ4v) is 1.92. The number of hydrogen-bond donors (Lipinski definition) is 1. The molecule has 0 amide bonds. The molecule has 0 aliphatic carbocycles. The van der Waals surface area contributed by atoms with Crippen molar-refractivity contribution in [2.24, 2.45) is 0 Å². The number of nitrogen functional groups attached to an aromatic ring is 1. The maximum Gasteiger partial charge on any atom is 0.223 e. The molecule has 0 spiro atoms. The number of nitrogens with two attached hydrogens (primary N) is 1. The predicted molar refractivity (Wildman–Crippen MR) is 72.3 cm³/mol. The quantitative estimate of drug-likeness (QED) is 0.940. The van der Waals surface area contributed by atoms with E-state index in [0.29, 0.717) is 5.56 Å². The molecule has 0 saturated carbocycles. The van der Waals surface area contributed by atoms with E-state index in [4.69, 9.17) is 5.73 Å². The number of benzene rings is 1. The molecule has 2 aromatic rings. The van der Waals surface area contributed by atoms with E-state index in [0.717, 1.165) is 6.07 Å². The number of nitrogens with zero attached hydrogens (tertiary/aromatic N) is 3. The summed E-state index contributed by atoms with van der Waals surface area (Å²) in [6, 6.07) is 3.14. The van der Waals surface area contributed by atoms with Gasteiger partial charge in [0.25, 0.3) is 0 Å². The fourth-order valence-electron chi connectivity index (χ4n) is 1.92. The van der Waals surface area contributed by atoms with E-state index in [1.165, 1.54) is 12.1 Å². The molecule has 0 fully saturated rings. The standard InChI is InChI=1S/C14H15F3N4/c1-3-11(17)13-19-12(20-14(18)21-13)7(2)8-4-9(15)6-10(16)5-8/h4-7,11H,3H2,1-2H3,(H2,18,19,20,21). The number of aromatic nitrogens is 3. The van der Waals surface area contributed by atoms with Crippen LogP contribution in [0.2, 0.25) is 0 Å². The Morgan fingerprint density at radius 2 is 1.62 bits per heavy atom. The Morgan fingerprint density at radius 1 is 1.05 bits per heavy atom. The Kier molecular flexibility index (Phi) is 4.40. The molecule has 2 unspecified atom stereocenters. The highest BCUT2D eigenvalue weighted by molar-refractivity contribution is 5.28. The van der Waals surface area contributed by atoms with Gasteiger partial charge in [0.05, 0.1) is 0 Å². The highest BCUT2D eigenvalue weighted by Crippen LogP contribution is 2.25. The number of alkyl halides is 1. The highest BCUT2D eigenvalue weighted by Gasteiger charge is 2.19. The third kappa shape index (κ3) is 3.48. The third-order valence-corrected chi connectivity index (χ3v) is 3.10. The van der Waals surface area contributed by atoms with Gasteiger partial charge in [0.15, 0.2) is 12.0 Å². The summed E-state index contributed by atoms with van der Waals surface area (Å²) >= 11 is 0. The van der Waals surface area contributed by atoms with Crippen molar-refractivity contribution in [3.63, 3.8) is 0 Å². The van der Waals surface area contributed by atoms with E-state index < -0.39 is 23.7 Å². The van der Waals surface area contributed by atoms with Crippen LogP contribution in [0, 0.1) is 11.6 Å². The van der Waals surface area contributed by atoms with E-state index in [2.05, 4.69) is 15.0 Å². The van der Waals surface area contributed by atoms with Gasteiger partial charge in [-0.3, -0.25) is 0 Å². The van der Waals surface area contributed by atoms with Gasteiger partial charge in [-0.25, -0.2) is 18.2 Å². The van der Waals surface area contributed by atoms with Crippen LogP contribution in [0.15, 0.2) is 18.2 Å². The molecular weight excluding hydrogens is 281 g/mol. The molecule has 2 atom stereocenters. The smallest absolute Gasteiger partial charge is 0.223 e. The van der Waals surface area contributed by atoms with Crippen molar-refractivity contribution in [2.75, 3.05) is 5.73 Å². The van der Waals surface area contributed by atoms with Gasteiger partial charge in [-0.15, -0.1) is 0 Å². The number of anilines is 1. The van der Waals surface area contributed by atoms with E-state index >= 15 is 0 Å². The van der Waals surface area contributed by atoms with Crippen LogP contribution in [0.1, 0.15) is 49.6 Å². The summed E-state index contributed by atoms with van der Waals surface area (Å²) in [6.07, 6.45) is -1.16. The van der Waals surface area contributed by atoms with E-state index in [1.54, 1.807) is 13.8 Å². The first-order valence-corrected chi connectivity index (χ1v) is 6.52. The lowest BCUT2D eigenvalue weighted by Crippen LogP contribution is -2.12. The SMILES string of the molecule is CCC(F)c1nc(N)nc(C(C)c2cc(F)cc(F)c2)n1. The molecule has 0 radical (unpaired) electrons. The largest absolute Gasteiger partial charge is 0.368 e. The first-order valence-electron chi connectivity index (χ1n) is 6.52. The molecule has 112 valence electrons. The topological polar surface area (TPSA) is 64.7 Å². The average molecular weight is 296 g/mol. The maximum atomic E-state index is 13.7. The molecule has 0 bridgehead atoms. The van der Waals surface area contributed by atoms with Gasteiger partial charge in [0.1, 0.15) is 17.5 Å². The maximum absolute atomic E-state index is 13.7. The number of rotatable bonds is 4. The highest BCUT2D eigenvalue weighted by atomic mass is 19.1. The molecule has 0 saturated heterocycles. The lowest BCUT2D eigenvalue weighted by molar-refractivity contribution is 0.316. The summed E-state index contributed by atoms with van der Waals surface area (Å²) < 4.78 is 40.2. The fraction of sp³-hybridized carbons (Fsp3) is 0.357. The lowest BCUT2D eigenvalue weighted by atomic mass is 10.00. The zero-order valence-corrected chi connectivity index (χ0v) is 11.6. The van der Waals surface area contributed by atoms with Crippen LogP contribution in [0.3, 0.4) is 0 Å². The second-order valence-electron chi connectivity index (χ2n) is 4.71. The van der Waals surface area contributed by atoms with Crippen LogP contribution >= 0.6 is 0 Å². The van der Waals surface area contributed by atoms with Crippen molar-refractivity contribution in [3.8, 4) is 0 Å². The lowest BCUT2D eigenvalue weighted by Gasteiger charge is -2.13. The molecule has 1 aromatic carbocycles. The summed E-state index contributed by atoms with van der Waals surface area (Å²) in [5.41, 5.74) is 5.89. The number of halogens is 3. The van der Waals surface area contributed by atoms with Crippen LogP contribution < -0.4 is 5.73 Å². The minimum absolute atomic E-state index is 0.0660.